The van der Waals surface area contributed by atoms with Crippen LogP contribution < -0.4 is 16.0 Å². The first-order chi connectivity index (χ1) is 13.3. The third-order valence-corrected chi connectivity index (χ3v) is 4.39. The van der Waals surface area contributed by atoms with E-state index < -0.39 is 11.9 Å². The number of hydrogen-bond donors (Lipinski definition) is 3. The molecule has 0 aliphatic rings. The lowest BCUT2D eigenvalue weighted by Gasteiger charge is -2.11. The van der Waals surface area contributed by atoms with Crippen molar-refractivity contribution in [2.45, 2.75) is 33.0 Å². The van der Waals surface area contributed by atoms with Crippen molar-refractivity contribution >= 4 is 23.2 Å². The van der Waals surface area contributed by atoms with Crippen molar-refractivity contribution in [3.63, 3.8) is 0 Å². The number of furan rings is 1. The zero-order chi connectivity index (χ0) is 20.6. The van der Waals surface area contributed by atoms with Crippen molar-refractivity contribution in [2.24, 2.45) is 4.99 Å². The maximum atomic E-state index is 12.6. The zero-order valence-electron chi connectivity index (χ0n) is 15.5. The predicted octanol–water partition coefficient (Wildman–Crippen LogP) is 2.94. The summed E-state index contributed by atoms with van der Waals surface area (Å²) in [6.45, 7) is 5.28. The number of rotatable bonds is 8. The summed E-state index contributed by atoms with van der Waals surface area (Å²) in [6, 6.07) is 1.72. The fourth-order valence-corrected chi connectivity index (χ4v) is 2.91. The lowest BCUT2D eigenvalue weighted by atomic mass is 10.2. The molecule has 0 bridgehead atoms. The number of carbonyl (C=O) groups excluding carboxylic acids is 1. The number of aromatic nitrogens is 1. The molecule has 0 fully saturated rings. The van der Waals surface area contributed by atoms with Gasteiger partial charge in [-0.1, -0.05) is 0 Å². The van der Waals surface area contributed by atoms with Crippen molar-refractivity contribution in [3.05, 3.63) is 39.7 Å². The Hall–Kier alpha value is -2.56. The van der Waals surface area contributed by atoms with Crippen LogP contribution in [-0.4, -0.2) is 36.5 Å². The van der Waals surface area contributed by atoms with Crippen LogP contribution in [0.15, 0.2) is 27.1 Å². The largest absolute Gasteiger partial charge is 0.459 e. The smallest absolute Gasteiger partial charge is 0.434 e. The first kappa shape index (κ1) is 21.7. The van der Waals surface area contributed by atoms with E-state index in [0.717, 1.165) is 22.3 Å². The fraction of sp³-hybridized carbons (Fsp3) is 0.471. The lowest BCUT2D eigenvalue weighted by Crippen LogP contribution is -2.38. The molecule has 0 aliphatic carbocycles. The van der Waals surface area contributed by atoms with E-state index >= 15 is 0 Å². The molecule has 28 heavy (non-hydrogen) atoms. The first-order valence-electron chi connectivity index (χ1n) is 8.67. The van der Waals surface area contributed by atoms with Crippen LogP contribution in [0.3, 0.4) is 0 Å². The van der Waals surface area contributed by atoms with Crippen molar-refractivity contribution in [2.75, 3.05) is 19.6 Å². The Morgan fingerprint density at radius 2 is 2.04 bits per heavy atom. The molecule has 154 valence electrons. The first-order valence-corrected chi connectivity index (χ1v) is 9.55. The van der Waals surface area contributed by atoms with E-state index in [2.05, 4.69) is 25.9 Å². The number of carbonyl (C=O) groups is 1. The summed E-state index contributed by atoms with van der Waals surface area (Å²) in [5.74, 6) is 0.497. The molecule has 2 rings (SSSR count). The van der Waals surface area contributed by atoms with Gasteiger partial charge in [-0.2, -0.15) is 13.2 Å². The lowest BCUT2D eigenvalue weighted by molar-refractivity contribution is -0.140. The molecule has 1 amide bonds. The second-order valence-corrected chi connectivity index (χ2v) is 6.73. The maximum Gasteiger partial charge on any atom is 0.434 e. The molecule has 2 aromatic heterocycles. The summed E-state index contributed by atoms with van der Waals surface area (Å²) in [6.07, 6.45) is -2.35. The molecule has 0 unspecified atom stereocenters. The third kappa shape index (κ3) is 6.55. The minimum atomic E-state index is -4.44. The number of nitrogens with zero attached hydrogens (tertiary/aromatic N) is 2. The van der Waals surface area contributed by atoms with E-state index in [-0.39, 0.29) is 17.5 Å². The van der Waals surface area contributed by atoms with E-state index in [0.29, 0.717) is 37.8 Å². The molecule has 0 radical (unpaired) electrons. The molecule has 2 heterocycles. The Kier molecular flexibility index (Phi) is 7.85. The van der Waals surface area contributed by atoms with Gasteiger partial charge in [0.2, 0.25) is 0 Å². The number of halogens is 3. The van der Waals surface area contributed by atoms with Crippen molar-refractivity contribution in [1.82, 2.24) is 20.9 Å². The highest BCUT2D eigenvalue weighted by Crippen LogP contribution is 2.30. The highest BCUT2D eigenvalue weighted by atomic mass is 32.1. The van der Waals surface area contributed by atoms with Crippen molar-refractivity contribution in [1.29, 1.82) is 0 Å². The van der Waals surface area contributed by atoms with Crippen LogP contribution in [-0.2, 0) is 12.7 Å². The van der Waals surface area contributed by atoms with Gasteiger partial charge in [0.05, 0.1) is 12.8 Å². The summed E-state index contributed by atoms with van der Waals surface area (Å²) in [5, 5.41) is 10.1. The monoisotopic (exact) mass is 417 g/mol. The molecule has 3 N–H and O–H groups in total. The summed E-state index contributed by atoms with van der Waals surface area (Å²) < 4.78 is 42.8. The van der Waals surface area contributed by atoms with Crippen molar-refractivity contribution in [3.8, 4) is 0 Å². The Balaban J connectivity index is 1.76. The summed E-state index contributed by atoms with van der Waals surface area (Å²) in [4.78, 5) is 19.7. The molecule has 0 spiro atoms. The Bertz CT molecular complexity index is 801. The van der Waals surface area contributed by atoms with Gasteiger partial charge < -0.3 is 20.4 Å². The van der Waals surface area contributed by atoms with Gasteiger partial charge in [0.25, 0.3) is 5.91 Å². The molecule has 2 aromatic rings. The topological polar surface area (TPSA) is 91.5 Å². The van der Waals surface area contributed by atoms with Gasteiger partial charge in [0.1, 0.15) is 5.01 Å². The molecule has 0 aliphatic heterocycles. The van der Waals surface area contributed by atoms with Gasteiger partial charge in [0.15, 0.2) is 17.4 Å². The van der Waals surface area contributed by atoms with Crippen LogP contribution in [0.25, 0.3) is 0 Å². The second kappa shape index (κ2) is 10.1. The van der Waals surface area contributed by atoms with E-state index in [1.165, 1.54) is 6.26 Å². The summed E-state index contributed by atoms with van der Waals surface area (Å²) >= 11 is 0.921. The Labute approximate surface area is 164 Å². The minimum absolute atomic E-state index is 0.0462. The number of guanidine groups is 1. The highest BCUT2D eigenvalue weighted by molar-refractivity contribution is 7.09. The molecule has 0 saturated heterocycles. The van der Waals surface area contributed by atoms with Crippen LogP contribution in [0.5, 0.6) is 0 Å². The summed E-state index contributed by atoms with van der Waals surface area (Å²) in [7, 11) is 0. The normalized spacial score (nSPS) is 12.1. The quantitative estimate of drug-likeness (QED) is 0.349. The Morgan fingerprint density at radius 3 is 2.64 bits per heavy atom. The number of thiazole rings is 1. The van der Waals surface area contributed by atoms with E-state index in [1.807, 2.05) is 6.92 Å². The SMILES string of the molecule is CCNC(=NCc1nc(C(F)(F)F)cs1)NCCCNC(=O)c1occc1C. The number of aryl methyl sites for hydroxylation is 1. The van der Waals surface area contributed by atoms with Crippen LogP contribution in [0, 0.1) is 6.92 Å². The molecule has 0 aromatic carbocycles. The number of nitrogens with one attached hydrogen (secondary N) is 3. The minimum Gasteiger partial charge on any atom is -0.459 e. The van der Waals surface area contributed by atoms with Gasteiger partial charge in [-0.3, -0.25) is 4.79 Å². The van der Waals surface area contributed by atoms with E-state index in [4.69, 9.17) is 4.42 Å². The fourth-order valence-electron chi connectivity index (χ4n) is 2.18. The van der Waals surface area contributed by atoms with Gasteiger partial charge in [-0.15, -0.1) is 11.3 Å². The standard InChI is InChI=1S/C17H22F3N5O2S/c1-3-21-16(24-9-13-25-12(10-28-13)17(18,19)20)23-7-4-6-22-15(26)14-11(2)5-8-27-14/h5,8,10H,3-4,6-7,9H2,1-2H3,(H,22,26)(H2,21,23,24). The van der Waals surface area contributed by atoms with Gasteiger partial charge in [0, 0.05) is 30.6 Å². The van der Waals surface area contributed by atoms with Crippen LogP contribution in [0.2, 0.25) is 0 Å². The molecule has 0 atom stereocenters. The molecule has 11 heteroatoms. The zero-order valence-corrected chi connectivity index (χ0v) is 16.3. The van der Waals surface area contributed by atoms with Crippen LogP contribution in [0.4, 0.5) is 13.2 Å². The third-order valence-electron chi connectivity index (χ3n) is 3.56. The molecule has 0 saturated carbocycles. The molecular formula is C17H22F3N5O2S. The van der Waals surface area contributed by atoms with Gasteiger partial charge in [-0.25, -0.2) is 9.98 Å². The summed E-state index contributed by atoms with van der Waals surface area (Å²) in [5.41, 5.74) is -0.128. The van der Waals surface area contributed by atoms with Crippen LogP contribution in [0.1, 0.15) is 40.2 Å². The van der Waals surface area contributed by atoms with Crippen molar-refractivity contribution < 1.29 is 22.4 Å². The van der Waals surface area contributed by atoms with Gasteiger partial charge in [-0.05, 0) is 26.3 Å². The van der Waals surface area contributed by atoms with E-state index in [1.54, 1.807) is 13.0 Å². The van der Waals surface area contributed by atoms with E-state index in [9.17, 15) is 18.0 Å². The second-order valence-electron chi connectivity index (χ2n) is 5.79. The average Bonchev–Trinajstić information content (AvgIpc) is 3.27. The molecule has 7 nitrogen and oxygen atoms in total. The molecular weight excluding hydrogens is 395 g/mol. The van der Waals surface area contributed by atoms with Crippen LogP contribution >= 0.6 is 11.3 Å². The number of alkyl halides is 3. The van der Waals surface area contributed by atoms with Gasteiger partial charge >= 0.3 is 6.18 Å². The Morgan fingerprint density at radius 1 is 1.29 bits per heavy atom. The maximum absolute atomic E-state index is 12.6. The number of aliphatic imine (C=N–C) groups is 1. The average molecular weight is 417 g/mol. The number of amides is 1. The number of hydrogen-bond acceptors (Lipinski definition) is 5. The predicted molar refractivity (Wildman–Crippen MR) is 100 cm³/mol. The highest BCUT2D eigenvalue weighted by Gasteiger charge is 2.33.